The van der Waals surface area contributed by atoms with Crippen molar-refractivity contribution in [1.29, 1.82) is 0 Å². The maximum Gasteiger partial charge on any atom is 0.243 e. The Hall–Kier alpha value is -2.57. The number of halogens is 2. The Morgan fingerprint density at radius 2 is 1.73 bits per heavy atom. The summed E-state index contributed by atoms with van der Waals surface area (Å²) < 4.78 is 6.55. The first-order chi connectivity index (χ1) is 12.6. The van der Waals surface area contributed by atoms with Crippen molar-refractivity contribution in [2.24, 2.45) is 0 Å². The molecule has 0 atom stereocenters. The molecular weight excluding hydrogens is 418 g/mol. The molecule has 0 saturated heterocycles. The van der Waals surface area contributed by atoms with Crippen LogP contribution in [0.3, 0.4) is 0 Å². The number of rotatable bonds is 6. The van der Waals surface area contributed by atoms with Gasteiger partial charge in [0.15, 0.2) is 0 Å². The van der Waals surface area contributed by atoms with Gasteiger partial charge < -0.3 is 15.4 Å². The molecule has 0 fully saturated rings. The van der Waals surface area contributed by atoms with E-state index in [1.165, 1.54) is 0 Å². The Bertz CT molecular complexity index is 889. The quantitative estimate of drug-likeness (QED) is 0.552. The highest BCUT2D eigenvalue weighted by Crippen LogP contribution is 2.26. The van der Waals surface area contributed by atoms with Gasteiger partial charge in [-0.1, -0.05) is 27.5 Å². The number of carbonyl (C=O) groups excluding carboxylic acids is 1. The van der Waals surface area contributed by atoms with E-state index in [4.69, 9.17) is 16.3 Å². The molecular formula is C19H15BrClN3O2. The van der Waals surface area contributed by atoms with Gasteiger partial charge in [-0.3, -0.25) is 9.78 Å². The summed E-state index contributed by atoms with van der Waals surface area (Å²) >= 11 is 9.42. The zero-order chi connectivity index (χ0) is 18.4. The second-order valence-electron chi connectivity index (χ2n) is 5.34. The predicted octanol–water partition coefficient (Wildman–Crippen LogP) is 5.34. The summed E-state index contributed by atoms with van der Waals surface area (Å²) in [5, 5.41) is 6.30. The number of hydrogen-bond acceptors (Lipinski definition) is 4. The maximum atomic E-state index is 12.1. The van der Waals surface area contributed by atoms with Crippen molar-refractivity contribution >= 4 is 44.8 Å². The number of nitrogens with zero attached hydrogens (tertiary/aromatic N) is 1. The van der Waals surface area contributed by atoms with E-state index < -0.39 is 0 Å². The molecule has 0 saturated carbocycles. The van der Waals surface area contributed by atoms with Crippen molar-refractivity contribution in [2.75, 3.05) is 17.2 Å². The van der Waals surface area contributed by atoms with Gasteiger partial charge >= 0.3 is 0 Å². The van der Waals surface area contributed by atoms with E-state index in [9.17, 15) is 4.79 Å². The Morgan fingerprint density at radius 1 is 1.04 bits per heavy atom. The van der Waals surface area contributed by atoms with Crippen LogP contribution in [0, 0.1) is 0 Å². The molecule has 1 amide bonds. The largest absolute Gasteiger partial charge is 0.457 e. The number of nitrogens with one attached hydrogen (secondary N) is 2. The molecule has 3 rings (SSSR count). The highest BCUT2D eigenvalue weighted by molar-refractivity contribution is 9.10. The second kappa shape index (κ2) is 8.69. The first kappa shape index (κ1) is 18.2. The molecule has 0 radical (unpaired) electrons. The summed E-state index contributed by atoms with van der Waals surface area (Å²) in [7, 11) is 0. The number of anilines is 2. The van der Waals surface area contributed by atoms with E-state index in [1.807, 2.05) is 30.3 Å². The van der Waals surface area contributed by atoms with E-state index in [2.05, 4.69) is 31.5 Å². The summed E-state index contributed by atoms with van der Waals surface area (Å²) in [6, 6.07) is 16.2. The van der Waals surface area contributed by atoms with Gasteiger partial charge in [-0.15, -0.1) is 0 Å². The third-order valence-corrected chi connectivity index (χ3v) is 4.20. The van der Waals surface area contributed by atoms with Gasteiger partial charge in [0, 0.05) is 22.6 Å². The summed E-state index contributed by atoms with van der Waals surface area (Å²) in [6.07, 6.45) is 3.34. The Morgan fingerprint density at radius 3 is 2.42 bits per heavy atom. The van der Waals surface area contributed by atoms with Crippen LogP contribution in [0.25, 0.3) is 0 Å². The van der Waals surface area contributed by atoms with Crippen molar-refractivity contribution in [3.63, 3.8) is 0 Å². The van der Waals surface area contributed by atoms with Crippen LogP contribution in [-0.4, -0.2) is 17.4 Å². The molecule has 132 valence electrons. The lowest BCUT2D eigenvalue weighted by molar-refractivity contribution is -0.114. The molecule has 26 heavy (non-hydrogen) atoms. The average Bonchev–Trinajstić information content (AvgIpc) is 2.64. The average molecular weight is 433 g/mol. The van der Waals surface area contributed by atoms with Crippen LogP contribution < -0.4 is 15.4 Å². The summed E-state index contributed by atoms with van der Waals surface area (Å²) in [5.74, 6) is 1.23. The Kier molecular flexibility index (Phi) is 6.09. The minimum atomic E-state index is -0.189. The van der Waals surface area contributed by atoms with Crippen molar-refractivity contribution < 1.29 is 9.53 Å². The van der Waals surface area contributed by atoms with Crippen LogP contribution in [0.15, 0.2) is 71.5 Å². The SMILES string of the molecule is O=C(CNc1ccc(Oc2ccncc2)cc1)Nc1ccc(Br)cc1Cl. The van der Waals surface area contributed by atoms with Gasteiger partial charge in [0.1, 0.15) is 11.5 Å². The first-order valence-electron chi connectivity index (χ1n) is 7.77. The molecule has 0 aliphatic rings. The first-order valence-corrected chi connectivity index (χ1v) is 8.94. The smallest absolute Gasteiger partial charge is 0.243 e. The molecule has 0 aliphatic heterocycles. The zero-order valence-corrected chi connectivity index (χ0v) is 15.9. The van der Waals surface area contributed by atoms with Gasteiger partial charge in [0.2, 0.25) is 5.91 Å². The number of hydrogen-bond donors (Lipinski definition) is 2. The number of ether oxygens (including phenoxy) is 1. The molecule has 2 N–H and O–H groups in total. The van der Waals surface area contributed by atoms with Crippen molar-refractivity contribution in [1.82, 2.24) is 4.98 Å². The van der Waals surface area contributed by atoms with Gasteiger partial charge in [-0.05, 0) is 54.6 Å². The second-order valence-corrected chi connectivity index (χ2v) is 6.66. The topological polar surface area (TPSA) is 63.2 Å². The Labute approximate surface area is 164 Å². The maximum absolute atomic E-state index is 12.1. The number of carbonyl (C=O) groups is 1. The van der Waals surface area contributed by atoms with Crippen LogP contribution in [0.5, 0.6) is 11.5 Å². The van der Waals surface area contributed by atoms with Crippen molar-refractivity contribution in [3.8, 4) is 11.5 Å². The fraction of sp³-hybridized carbons (Fsp3) is 0.0526. The standard InChI is InChI=1S/C19H15BrClN3O2/c20-13-1-6-18(17(21)11-13)24-19(25)12-23-14-2-4-15(5-3-14)26-16-7-9-22-10-8-16/h1-11,23H,12H2,(H,24,25). The number of aromatic nitrogens is 1. The number of amides is 1. The van der Waals surface area contributed by atoms with E-state index in [-0.39, 0.29) is 12.5 Å². The third kappa shape index (κ3) is 5.21. The molecule has 3 aromatic rings. The molecule has 1 heterocycles. The lowest BCUT2D eigenvalue weighted by Gasteiger charge is -2.10. The van der Waals surface area contributed by atoms with Crippen LogP contribution >= 0.6 is 27.5 Å². The molecule has 1 aromatic heterocycles. The van der Waals surface area contributed by atoms with Gasteiger partial charge in [0.05, 0.1) is 17.3 Å². The lowest BCUT2D eigenvalue weighted by Crippen LogP contribution is -2.21. The Balaban J connectivity index is 1.52. The van der Waals surface area contributed by atoms with Gasteiger partial charge in [-0.25, -0.2) is 0 Å². The molecule has 0 bridgehead atoms. The van der Waals surface area contributed by atoms with E-state index in [1.54, 1.807) is 36.7 Å². The summed E-state index contributed by atoms with van der Waals surface area (Å²) in [6.45, 7) is 0.122. The molecule has 7 heteroatoms. The van der Waals surface area contributed by atoms with Crippen LogP contribution in [-0.2, 0) is 4.79 Å². The molecule has 5 nitrogen and oxygen atoms in total. The highest BCUT2D eigenvalue weighted by Gasteiger charge is 2.06. The van der Waals surface area contributed by atoms with E-state index in [0.29, 0.717) is 22.2 Å². The van der Waals surface area contributed by atoms with Gasteiger partial charge in [0.25, 0.3) is 0 Å². The number of benzene rings is 2. The van der Waals surface area contributed by atoms with Crippen LogP contribution in [0.2, 0.25) is 5.02 Å². The number of pyridine rings is 1. The molecule has 2 aromatic carbocycles. The highest BCUT2D eigenvalue weighted by atomic mass is 79.9. The fourth-order valence-corrected chi connectivity index (χ4v) is 2.87. The van der Waals surface area contributed by atoms with E-state index >= 15 is 0 Å². The van der Waals surface area contributed by atoms with Crippen molar-refractivity contribution in [2.45, 2.75) is 0 Å². The lowest BCUT2D eigenvalue weighted by atomic mass is 10.3. The van der Waals surface area contributed by atoms with Gasteiger partial charge in [-0.2, -0.15) is 0 Å². The van der Waals surface area contributed by atoms with E-state index in [0.717, 1.165) is 10.2 Å². The molecule has 0 unspecified atom stereocenters. The zero-order valence-electron chi connectivity index (χ0n) is 13.6. The van der Waals surface area contributed by atoms with Crippen LogP contribution in [0.4, 0.5) is 11.4 Å². The summed E-state index contributed by atoms with van der Waals surface area (Å²) in [4.78, 5) is 16.0. The minimum absolute atomic E-state index is 0.122. The minimum Gasteiger partial charge on any atom is -0.457 e. The monoisotopic (exact) mass is 431 g/mol. The third-order valence-electron chi connectivity index (χ3n) is 3.40. The normalized spacial score (nSPS) is 10.2. The fourth-order valence-electron chi connectivity index (χ4n) is 2.15. The molecule has 0 aliphatic carbocycles. The summed E-state index contributed by atoms with van der Waals surface area (Å²) in [5.41, 5.74) is 1.38. The predicted molar refractivity (Wildman–Crippen MR) is 107 cm³/mol. The van der Waals surface area contributed by atoms with Crippen LogP contribution in [0.1, 0.15) is 0 Å². The van der Waals surface area contributed by atoms with Crippen molar-refractivity contribution in [3.05, 3.63) is 76.5 Å². The molecule has 0 spiro atoms.